The Balaban J connectivity index is 1.97. The Hall–Kier alpha value is -1.61. The van der Waals surface area contributed by atoms with E-state index in [-0.39, 0.29) is 11.5 Å². The largest absolute Gasteiger partial charge is 0.445 e. The van der Waals surface area contributed by atoms with Crippen LogP contribution in [0.4, 0.5) is 0 Å². The van der Waals surface area contributed by atoms with Gasteiger partial charge in [0.05, 0.1) is 12.7 Å². The Morgan fingerprint density at radius 1 is 1.20 bits per heavy atom. The van der Waals surface area contributed by atoms with Gasteiger partial charge in [-0.15, -0.1) is 0 Å². The van der Waals surface area contributed by atoms with Crippen molar-refractivity contribution in [2.75, 3.05) is 0 Å². The second-order valence-corrected chi connectivity index (χ2v) is 6.34. The SMILES string of the molecule is Cc1cnc(CNC(C)c2ccc(C(C)(C)C)cc2)o1. The second kappa shape index (κ2) is 5.80. The first-order valence-electron chi connectivity index (χ1n) is 7.11. The van der Waals surface area contributed by atoms with E-state index in [1.807, 2.05) is 6.92 Å². The summed E-state index contributed by atoms with van der Waals surface area (Å²) in [6.45, 7) is 11.4. The van der Waals surface area contributed by atoms with Crippen LogP contribution in [0, 0.1) is 6.92 Å². The Bertz CT molecular complexity index is 549. The zero-order chi connectivity index (χ0) is 14.8. The summed E-state index contributed by atoms with van der Waals surface area (Å²) in [6.07, 6.45) is 1.75. The van der Waals surface area contributed by atoms with Gasteiger partial charge in [0, 0.05) is 6.04 Å². The molecule has 1 aromatic heterocycles. The molecule has 3 nitrogen and oxygen atoms in total. The summed E-state index contributed by atoms with van der Waals surface area (Å²) in [5.41, 5.74) is 2.84. The molecule has 1 unspecified atom stereocenters. The van der Waals surface area contributed by atoms with Crippen LogP contribution >= 0.6 is 0 Å². The molecule has 0 radical (unpaired) electrons. The Labute approximate surface area is 121 Å². The minimum atomic E-state index is 0.199. The number of hydrogen-bond acceptors (Lipinski definition) is 3. The molecule has 0 aliphatic rings. The first kappa shape index (κ1) is 14.8. The van der Waals surface area contributed by atoms with Gasteiger partial charge in [-0.3, -0.25) is 0 Å². The number of rotatable bonds is 4. The molecule has 0 aliphatic heterocycles. The number of benzene rings is 1. The number of oxazole rings is 1. The first-order chi connectivity index (χ1) is 9.36. The van der Waals surface area contributed by atoms with Crippen LogP contribution in [0.25, 0.3) is 0 Å². The predicted molar refractivity (Wildman–Crippen MR) is 81.6 cm³/mol. The van der Waals surface area contributed by atoms with Gasteiger partial charge >= 0.3 is 0 Å². The lowest BCUT2D eigenvalue weighted by Gasteiger charge is -2.20. The van der Waals surface area contributed by atoms with Gasteiger partial charge in [0.2, 0.25) is 5.89 Å². The smallest absolute Gasteiger partial charge is 0.208 e. The van der Waals surface area contributed by atoms with Crippen LogP contribution in [-0.4, -0.2) is 4.98 Å². The lowest BCUT2D eigenvalue weighted by atomic mass is 9.86. The van der Waals surface area contributed by atoms with Crippen molar-refractivity contribution in [1.29, 1.82) is 0 Å². The zero-order valence-corrected chi connectivity index (χ0v) is 13.0. The fraction of sp³-hybridized carbons (Fsp3) is 0.471. The molecule has 2 aromatic rings. The van der Waals surface area contributed by atoms with Gasteiger partial charge in [-0.05, 0) is 30.4 Å². The maximum atomic E-state index is 5.46. The predicted octanol–water partition coefficient (Wildman–Crippen LogP) is 4.13. The van der Waals surface area contributed by atoms with Crippen molar-refractivity contribution in [3.63, 3.8) is 0 Å². The van der Waals surface area contributed by atoms with Gasteiger partial charge in [-0.1, -0.05) is 45.0 Å². The minimum absolute atomic E-state index is 0.199. The molecule has 1 aromatic carbocycles. The number of aryl methyl sites for hydroxylation is 1. The van der Waals surface area contributed by atoms with Crippen LogP contribution in [0.2, 0.25) is 0 Å². The molecule has 0 saturated heterocycles. The summed E-state index contributed by atoms with van der Waals surface area (Å²) in [5.74, 6) is 1.59. The Kier molecular flexibility index (Phi) is 4.29. The van der Waals surface area contributed by atoms with Crippen molar-refractivity contribution in [2.24, 2.45) is 0 Å². The molecule has 0 spiro atoms. The van der Waals surface area contributed by atoms with Crippen molar-refractivity contribution < 1.29 is 4.42 Å². The second-order valence-electron chi connectivity index (χ2n) is 6.34. The summed E-state index contributed by atoms with van der Waals surface area (Å²) >= 11 is 0. The lowest BCUT2D eigenvalue weighted by molar-refractivity contribution is 0.432. The molecule has 20 heavy (non-hydrogen) atoms. The van der Waals surface area contributed by atoms with Crippen molar-refractivity contribution in [1.82, 2.24) is 10.3 Å². The van der Waals surface area contributed by atoms with E-state index < -0.39 is 0 Å². The molecule has 0 aliphatic carbocycles. The van der Waals surface area contributed by atoms with E-state index in [1.165, 1.54) is 11.1 Å². The van der Waals surface area contributed by atoms with E-state index in [1.54, 1.807) is 6.20 Å². The molecule has 0 fully saturated rings. The number of nitrogens with zero attached hydrogens (tertiary/aromatic N) is 1. The van der Waals surface area contributed by atoms with Crippen LogP contribution in [0.5, 0.6) is 0 Å². The third-order valence-electron chi connectivity index (χ3n) is 3.51. The van der Waals surface area contributed by atoms with Gasteiger partial charge < -0.3 is 9.73 Å². The van der Waals surface area contributed by atoms with Crippen LogP contribution in [0.15, 0.2) is 34.9 Å². The summed E-state index contributed by atoms with van der Waals surface area (Å²) in [6, 6.07) is 9.08. The van der Waals surface area contributed by atoms with Gasteiger partial charge in [0.15, 0.2) is 0 Å². The van der Waals surface area contributed by atoms with E-state index in [2.05, 4.69) is 62.3 Å². The molecular weight excluding hydrogens is 248 g/mol. The van der Waals surface area contributed by atoms with Crippen LogP contribution in [0.3, 0.4) is 0 Å². The van der Waals surface area contributed by atoms with E-state index >= 15 is 0 Å². The standard InChI is InChI=1S/C17H24N2O/c1-12-10-19-16(20-12)11-18-13(2)14-6-8-15(9-7-14)17(3,4)5/h6-10,13,18H,11H2,1-5H3. The van der Waals surface area contributed by atoms with Gasteiger partial charge in [0.1, 0.15) is 5.76 Å². The highest BCUT2D eigenvalue weighted by Gasteiger charge is 2.14. The zero-order valence-electron chi connectivity index (χ0n) is 13.0. The monoisotopic (exact) mass is 272 g/mol. The molecule has 1 heterocycles. The molecule has 0 bridgehead atoms. The third kappa shape index (κ3) is 3.70. The van der Waals surface area contributed by atoms with E-state index in [0.29, 0.717) is 6.54 Å². The molecule has 1 N–H and O–H groups in total. The summed E-state index contributed by atoms with van der Waals surface area (Å²) in [4.78, 5) is 4.20. The Morgan fingerprint density at radius 2 is 1.85 bits per heavy atom. The van der Waals surface area contributed by atoms with Crippen molar-refractivity contribution in [3.8, 4) is 0 Å². The summed E-state index contributed by atoms with van der Waals surface area (Å²) in [7, 11) is 0. The fourth-order valence-electron chi connectivity index (χ4n) is 2.11. The average Bonchev–Trinajstić information content (AvgIpc) is 2.81. The minimum Gasteiger partial charge on any atom is -0.445 e. The quantitative estimate of drug-likeness (QED) is 0.909. The highest BCUT2D eigenvalue weighted by molar-refractivity contribution is 5.29. The molecule has 3 heteroatoms. The van der Waals surface area contributed by atoms with Crippen molar-refractivity contribution in [2.45, 2.75) is 52.6 Å². The summed E-state index contributed by atoms with van der Waals surface area (Å²) in [5, 5.41) is 3.43. The molecule has 1 atom stereocenters. The van der Waals surface area contributed by atoms with Gasteiger partial charge in [-0.25, -0.2) is 4.98 Å². The van der Waals surface area contributed by atoms with E-state index in [4.69, 9.17) is 4.42 Å². The van der Waals surface area contributed by atoms with E-state index in [9.17, 15) is 0 Å². The normalized spacial score (nSPS) is 13.4. The number of nitrogens with one attached hydrogen (secondary N) is 1. The summed E-state index contributed by atoms with van der Waals surface area (Å²) < 4.78 is 5.46. The van der Waals surface area contributed by atoms with Crippen molar-refractivity contribution in [3.05, 3.63) is 53.2 Å². The van der Waals surface area contributed by atoms with E-state index in [0.717, 1.165) is 11.7 Å². The number of hydrogen-bond donors (Lipinski definition) is 1. The van der Waals surface area contributed by atoms with Crippen LogP contribution < -0.4 is 5.32 Å². The Morgan fingerprint density at radius 3 is 2.35 bits per heavy atom. The molecular formula is C17H24N2O. The highest BCUT2D eigenvalue weighted by atomic mass is 16.4. The van der Waals surface area contributed by atoms with Crippen LogP contribution in [0.1, 0.15) is 56.5 Å². The van der Waals surface area contributed by atoms with Crippen molar-refractivity contribution >= 4 is 0 Å². The van der Waals surface area contributed by atoms with Gasteiger partial charge in [0.25, 0.3) is 0 Å². The average molecular weight is 272 g/mol. The fourth-order valence-corrected chi connectivity index (χ4v) is 2.11. The topological polar surface area (TPSA) is 38.1 Å². The molecule has 108 valence electrons. The molecule has 0 saturated carbocycles. The highest BCUT2D eigenvalue weighted by Crippen LogP contribution is 2.24. The maximum absolute atomic E-state index is 5.46. The lowest BCUT2D eigenvalue weighted by Crippen LogP contribution is -2.18. The first-order valence-corrected chi connectivity index (χ1v) is 7.11. The maximum Gasteiger partial charge on any atom is 0.208 e. The molecule has 0 amide bonds. The molecule has 2 rings (SSSR count). The van der Waals surface area contributed by atoms with Gasteiger partial charge in [-0.2, -0.15) is 0 Å². The van der Waals surface area contributed by atoms with Crippen LogP contribution in [-0.2, 0) is 12.0 Å². The number of aromatic nitrogens is 1. The third-order valence-corrected chi connectivity index (χ3v) is 3.51.